The predicted molar refractivity (Wildman–Crippen MR) is 107 cm³/mol. The second-order valence-corrected chi connectivity index (χ2v) is 7.98. The lowest BCUT2D eigenvalue weighted by Crippen LogP contribution is -2.58. The summed E-state index contributed by atoms with van der Waals surface area (Å²) >= 11 is 5.62. The summed E-state index contributed by atoms with van der Waals surface area (Å²) in [6.07, 6.45) is 4.46. The van der Waals surface area contributed by atoms with Crippen molar-refractivity contribution in [3.63, 3.8) is 0 Å². The van der Waals surface area contributed by atoms with E-state index < -0.39 is 11.6 Å². The molecule has 1 unspecified atom stereocenters. The van der Waals surface area contributed by atoms with Crippen molar-refractivity contribution < 1.29 is 18.4 Å². The van der Waals surface area contributed by atoms with Gasteiger partial charge in [-0.15, -0.1) is 0 Å². The summed E-state index contributed by atoms with van der Waals surface area (Å²) in [7, 11) is 1.87. The van der Waals surface area contributed by atoms with E-state index in [4.69, 9.17) is 0 Å². The number of halogens is 2. The van der Waals surface area contributed by atoms with Gasteiger partial charge in [-0.2, -0.15) is 11.8 Å². The van der Waals surface area contributed by atoms with Crippen LogP contribution in [0, 0.1) is 11.6 Å². The first-order valence-corrected chi connectivity index (χ1v) is 10.6. The van der Waals surface area contributed by atoms with Crippen LogP contribution in [0.5, 0.6) is 0 Å². The fourth-order valence-electron chi connectivity index (χ4n) is 3.34. The number of amides is 2. The van der Waals surface area contributed by atoms with E-state index in [0.29, 0.717) is 13.1 Å². The van der Waals surface area contributed by atoms with Gasteiger partial charge in [0.1, 0.15) is 11.6 Å². The van der Waals surface area contributed by atoms with E-state index in [1.165, 1.54) is 0 Å². The highest BCUT2D eigenvalue weighted by Crippen LogP contribution is 2.32. The van der Waals surface area contributed by atoms with Gasteiger partial charge in [0.05, 0.1) is 11.7 Å². The third kappa shape index (κ3) is 5.58. The molecule has 2 fully saturated rings. The van der Waals surface area contributed by atoms with E-state index in [-0.39, 0.29) is 22.9 Å². The van der Waals surface area contributed by atoms with Gasteiger partial charge in [-0.05, 0) is 42.7 Å². The molecular formula is C18H25F2N3O2S2. The second-order valence-electron chi connectivity index (χ2n) is 6.61. The number of likely N-dealkylation sites (tertiary alicyclic amines) is 1. The van der Waals surface area contributed by atoms with E-state index in [2.05, 4.69) is 24.2 Å². The first-order valence-electron chi connectivity index (χ1n) is 8.72. The van der Waals surface area contributed by atoms with Gasteiger partial charge in [-0.1, -0.05) is 12.6 Å². The van der Waals surface area contributed by atoms with Crippen molar-refractivity contribution in [2.45, 2.75) is 31.0 Å². The smallest absolute Gasteiger partial charge is 0.278 e. The molecule has 0 radical (unpaired) electrons. The van der Waals surface area contributed by atoms with Crippen LogP contribution in [0.15, 0.2) is 24.3 Å². The van der Waals surface area contributed by atoms with Crippen molar-refractivity contribution in [2.75, 3.05) is 32.1 Å². The van der Waals surface area contributed by atoms with Gasteiger partial charge < -0.3 is 9.80 Å². The van der Waals surface area contributed by atoms with Crippen LogP contribution >= 0.6 is 24.4 Å². The Morgan fingerprint density at radius 3 is 2.22 bits per heavy atom. The first-order chi connectivity index (χ1) is 12.8. The summed E-state index contributed by atoms with van der Waals surface area (Å²) in [6, 6.07) is 4.24. The van der Waals surface area contributed by atoms with Crippen LogP contribution in [0.4, 0.5) is 13.6 Å². The monoisotopic (exact) mass is 417 g/mol. The molecule has 5 nitrogen and oxygen atoms in total. The highest BCUT2D eigenvalue weighted by atomic mass is 32.2. The molecule has 2 aliphatic heterocycles. The lowest BCUT2D eigenvalue weighted by atomic mass is 9.97. The average molecular weight is 418 g/mol. The van der Waals surface area contributed by atoms with Crippen LogP contribution in [0.25, 0.3) is 0 Å². The van der Waals surface area contributed by atoms with Gasteiger partial charge in [-0.3, -0.25) is 14.9 Å². The zero-order valence-electron chi connectivity index (χ0n) is 15.5. The largest absolute Gasteiger partial charge is 0.334 e. The van der Waals surface area contributed by atoms with Gasteiger partial charge in [0.25, 0.3) is 5.24 Å². The fourth-order valence-corrected chi connectivity index (χ4v) is 4.01. The molecule has 0 saturated carbocycles. The lowest BCUT2D eigenvalue weighted by molar-refractivity contribution is -0.131. The van der Waals surface area contributed by atoms with Crippen molar-refractivity contribution in [3.05, 3.63) is 35.9 Å². The normalized spacial score (nSPS) is 21.2. The highest BCUT2D eigenvalue weighted by Gasteiger charge is 2.49. The maximum atomic E-state index is 12.3. The topological polar surface area (TPSA) is 52.7 Å². The number of benzene rings is 1. The maximum Gasteiger partial charge on any atom is 0.278 e. The SMILES string of the molecule is CSCCC1NC2(CCN(C(=O)S)CC2)N(C)C1=O.Fc1ccc(F)cc1. The molecule has 1 aromatic rings. The summed E-state index contributed by atoms with van der Waals surface area (Å²) in [5.74, 6) is 0.340. The number of thiol groups is 1. The molecular weight excluding hydrogens is 392 g/mol. The Balaban J connectivity index is 0.000000273. The number of hydrogen-bond acceptors (Lipinski definition) is 4. The number of nitrogens with one attached hydrogen (secondary N) is 1. The van der Waals surface area contributed by atoms with E-state index in [9.17, 15) is 18.4 Å². The molecule has 9 heteroatoms. The molecule has 0 aliphatic carbocycles. The van der Waals surface area contributed by atoms with Gasteiger partial charge in [0.2, 0.25) is 5.91 Å². The van der Waals surface area contributed by atoms with Crippen molar-refractivity contribution in [3.8, 4) is 0 Å². The van der Waals surface area contributed by atoms with Gasteiger partial charge in [0.15, 0.2) is 0 Å². The molecule has 0 bridgehead atoms. The molecule has 2 heterocycles. The van der Waals surface area contributed by atoms with Crippen LogP contribution in [0.2, 0.25) is 0 Å². The number of thioether (sulfide) groups is 1. The number of carbonyl (C=O) groups excluding carboxylic acids is 2. The predicted octanol–water partition coefficient (Wildman–Crippen LogP) is 2.98. The van der Waals surface area contributed by atoms with Crippen LogP contribution in [0.1, 0.15) is 19.3 Å². The summed E-state index contributed by atoms with van der Waals surface area (Å²) in [5.41, 5.74) is -0.264. The fraction of sp³-hybridized carbons (Fsp3) is 0.556. The summed E-state index contributed by atoms with van der Waals surface area (Å²) in [5, 5.41) is 3.32. The molecule has 3 rings (SSSR count). The second kappa shape index (κ2) is 9.75. The summed E-state index contributed by atoms with van der Waals surface area (Å²) in [4.78, 5) is 27.1. The highest BCUT2D eigenvalue weighted by molar-refractivity contribution is 7.98. The molecule has 2 saturated heterocycles. The van der Waals surface area contributed by atoms with Crippen molar-refractivity contribution in [1.82, 2.24) is 15.1 Å². The third-order valence-electron chi connectivity index (χ3n) is 4.99. The minimum absolute atomic E-state index is 0.0734. The molecule has 1 N–H and O–H groups in total. The van der Waals surface area contributed by atoms with E-state index >= 15 is 0 Å². The Labute approximate surface area is 168 Å². The van der Waals surface area contributed by atoms with E-state index in [0.717, 1.165) is 49.3 Å². The van der Waals surface area contributed by atoms with Gasteiger partial charge in [0, 0.05) is 33.0 Å². The lowest BCUT2D eigenvalue weighted by Gasteiger charge is -2.42. The van der Waals surface area contributed by atoms with Crippen LogP contribution < -0.4 is 5.32 Å². The number of nitrogens with zero attached hydrogens (tertiary/aromatic N) is 2. The molecule has 1 aromatic carbocycles. The minimum atomic E-state index is -0.411. The Kier molecular flexibility index (Phi) is 7.93. The quantitative estimate of drug-likeness (QED) is 0.743. The Bertz CT molecular complexity index is 632. The standard InChI is InChI=1S/C12H21N3O2S2.C6H4F2/c1-14-10(16)9(3-8-19-2)13-12(14)4-6-15(7-5-12)11(17)18;7-5-1-2-6(8)4-3-5/h9,13H,3-8H2,1-2H3,(H,17,18);1-4H. The van der Waals surface area contributed by atoms with Crippen molar-refractivity contribution in [2.24, 2.45) is 0 Å². The van der Waals surface area contributed by atoms with E-state index in [1.807, 2.05) is 11.9 Å². The van der Waals surface area contributed by atoms with Gasteiger partial charge >= 0.3 is 0 Å². The number of hydrogen-bond donors (Lipinski definition) is 2. The average Bonchev–Trinajstić information content (AvgIpc) is 2.88. The summed E-state index contributed by atoms with van der Waals surface area (Å²) in [6.45, 7) is 1.31. The molecule has 1 atom stereocenters. The minimum Gasteiger partial charge on any atom is -0.334 e. The van der Waals surface area contributed by atoms with Crippen molar-refractivity contribution in [1.29, 1.82) is 0 Å². The van der Waals surface area contributed by atoms with Crippen LogP contribution in [0.3, 0.4) is 0 Å². The molecule has 27 heavy (non-hydrogen) atoms. The Hall–Kier alpha value is -1.32. The number of rotatable bonds is 3. The van der Waals surface area contributed by atoms with Crippen molar-refractivity contribution >= 4 is 35.5 Å². The number of likely N-dealkylation sites (N-methyl/N-ethyl adjacent to an activating group) is 1. The Morgan fingerprint density at radius 1 is 1.26 bits per heavy atom. The summed E-state index contributed by atoms with van der Waals surface area (Å²) < 4.78 is 23.8. The van der Waals surface area contributed by atoms with Crippen LogP contribution in [-0.2, 0) is 4.79 Å². The van der Waals surface area contributed by atoms with E-state index in [1.54, 1.807) is 16.7 Å². The molecule has 2 amide bonds. The molecule has 0 aromatic heterocycles. The molecule has 1 spiro atoms. The molecule has 150 valence electrons. The van der Waals surface area contributed by atoms with Crippen LogP contribution in [-0.4, -0.2) is 64.8 Å². The first kappa shape index (κ1) is 22.0. The Morgan fingerprint density at radius 2 is 1.78 bits per heavy atom. The third-order valence-corrected chi connectivity index (χ3v) is 5.92. The number of carbonyl (C=O) groups is 2. The molecule has 2 aliphatic rings. The van der Waals surface area contributed by atoms with Gasteiger partial charge in [-0.25, -0.2) is 8.78 Å². The zero-order valence-corrected chi connectivity index (χ0v) is 17.2. The zero-order chi connectivity index (χ0) is 20.0. The maximum absolute atomic E-state index is 12.3. The number of piperidine rings is 1.